The molecule has 0 amide bonds. The highest BCUT2D eigenvalue weighted by atomic mass is 19.1. The third-order valence-electron chi connectivity index (χ3n) is 0.615. The summed E-state index contributed by atoms with van der Waals surface area (Å²) in [5, 5.41) is 13.2. The summed E-state index contributed by atoms with van der Waals surface area (Å²) in [7, 11) is 1.27. The average molecular weight is 148 g/mol. The molecule has 0 saturated heterocycles. The van der Waals surface area contributed by atoms with E-state index in [1.165, 1.54) is 14.0 Å². The minimum atomic E-state index is -1.04. The second-order valence-electron chi connectivity index (χ2n) is 1.25. The van der Waals surface area contributed by atoms with Crippen molar-refractivity contribution in [1.82, 2.24) is 0 Å². The molecule has 1 N–H and O–H groups in total. The van der Waals surface area contributed by atoms with E-state index < -0.39 is 5.97 Å². The van der Waals surface area contributed by atoms with Gasteiger partial charge in [0.05, 0.1) is 8.41 Å². The van der Waals surface area contributed by atoms with Gasteiger partial charge in [-0.15, -0.1) is 0 Å². The molecule has 0 heterocycles. The maximum absolute atomic E-state index is 12.0. The average Bonchev–Trinajstić information content (AvgIpc) is 1.87. The Kier molecular flexibility index (Phi) is 7.09. The number of nitrogens with zero attached hydrogens (tertiary/aromatic N) is 2. The van der Waals surface area contributed by atoms with Gasteiger partial charge in [0.1, 0.15) is 12.8 Å². The molecule has 0 aromatic rings. The first-order valence-electron chi connectivity index (χ1n) is 2.18. The number of halogens is 1. The van der Waals surface area contributed by atoms with Crippen LogP contribution in [0.5, 0.6) is 0 Å². The third kappa shape index (κ3) is 3.88. The molecule has 0 aliphatic rings. The van der Waals surface area contributed by atoms with Gasteiger partial charge in [-0.3, -0.25) is 0 Å². The smallest absolute Gasteiger partial charge is 0.274 e. The molecule has 10 heavy (non-hydrogen) atoms. The minimum absolute atomic E-state index is 0. The van der Waals surface area contributed by atoms with E-state index in [2.05, 4.69) is 15.1 Å². The first kappa shape index (κ1) is 11.7. The van der Waals surface area contributed by atoms with Gasteiger partial charge in [0.2, 0.25) is 0 Å². The van der Waals surface area contributed by atoms with E-state index >= 15 is 0 Å². The predicted molar refractivity (Wildman–Crippen MR) is 40.4 cm³/mol. The Hall–Kier alpha value is -1.07. The Balaban J connectivity index is 0. The zero-order valence-electron chi connectivity index (χ0n) is 5.13. The van der Waals surface area contributed by atoms with E-state index in [-0.39, 0.29) is 14.1 Å². The van der Waals surface area contributed by atoms with E-state index in [1.807, 2.05) is 0 Å². The van der Waals surface area contributed by atoms with Crippen LogP contribution in [0.4, 0.5) is 4.39 Å². The van der Waals surface area contributed by atoms with Gasteiger partial charge in [-0.25, -0.2) is 0 Å². The van der Waals surface area contributed by atoms with Crippen molar-refractivity contribution < 1.29 is 14.4 Å². The summed E-state index contributed by atoms with van der Waals surface area (Å²) >= 11 is 0. The monoisotopic (exact) mass is 148 g/mol. The molecule has 0 bridgehead atoms. The summed E-state index contributed by atoms with van der Waals surface area (Å²) in [6.45, 7) is 1.32. The molecular weight excluding hydrogens is 138 g/mol. The fourth-order valence-corrected chi connectivity index (χ4v) is 0.247. The van der Waals surface area contributed by atoms with Crippen LogP contribution >= 0.6 is 0 Å². The Bertz CT molecular complexity index is 148. The molecular formula is C4H10BFN2O2. The van der Waals surface area contributed by atoms with Crippen molar-refractivity contribution in [1.29, 1.82) is 0 Å². The molecule has 6 heteroatoms. The van der Waals surface area contributed by atoms with Crippen LogP contribution in [-0.4, -0.2) is 32.4 Å². The summed E-state index contributed by atoms with van der Waals surface area (Å²) in [6, 6.07) is 0. The van der Waals surface area contributed by atoms with Crippen molar-refractivity contribution in [3.8, 4) is 0 Å². The van der Waals surface area contributed by atoms with Crippen LogP contribution in [0.2, 0.25) is 0 Å². The first-order chi connectivity index (χ1) is 4.22. The van der Waals surface area contributed by atoms with Gasteiger partial charge in [-0.1, -0.05) is 10.3 Å². The standard InChI is InChI=1S/C4H7FN2O2.BH3/c1-3(7-9-2)4(5)6-8;/h8H,1-2H3;1H3. The molecule has 0 saturated carbocycles. The van der Waals surface area contributed by atoms with Crippen LogP contribution in [-0.2, 0) is 4.84 Å². The van der Waals surface area contributed by atoms with E-state index in [0.717, 1.165) is 0 Å². The van der Waals surface area contributed by atoms with Crippen LogP contribution in [0.3, 0.4) is 0 Å². The van der Waals surface area contributed by atoms with Crippen molar-refractivity contribution in [2.24, 2.45) is 10.3 Å². The molecule has 0 aromatic carbocycles. The van der Waals surface area contributed by atoms with Crippen molar-refractivity contribution in [2.45, 2.75) is 6.92 Å². The van der Waals surface area contributed by atoms with Gasteiger partial charge >= 0.3 is 0 Å². The summed E-state index contributed by atoms with van der Waals surface area (Å²) in [5.41, 5.74) is -0.0972. The van der Waals surface area contributed by atoms with Gasteiger partial charge in [0.15, 0.2) is 0 Å². The molecule has 0 rings (SSSR count). The molecule has 58 valence electrons. The highest BCUT2D eigenvalue weighted by Crippen LogP contribution is 1.85. The van der Waals surface area contributed by atoms with Crippen LogP contribution in [0.25, 0.3) is 0 Å². The molecule has 0 spiro atoms. The topological polar surface area (TPSA) is 54.2 Å². The summed E-state index contributed by atoms with van der Waals surface area (Å²) < 4.78 is 12.0. The van der Waals surface area contributed by atoms with Crippen molar-refractivity contribution in [2.75, 3.05) is 7.11 Å². The lowest BCUT2D eigenvalue weighted by atomic mass is 10.5. The Morgan fingerprint density at radius 1 is 1.60 bits per heavy atom. The van der Waals surface area contributed by atoms with Gasteiger partial charge in [-0.2, -0.15) is 4.39 Å². The third-order valence-corrected chi connectivity index (χ3v) is 0.615. The van der Waals surface area contributed by atoms with Crippen LogP contribution < -0.4 is 0 Å². The van der Waals surface area contributed by atoms with Crippen molar-refractivity contribution in [3.63, 3.8) is 0 Å². The van der Waals surface area contributed by atoms with E-state index in [4.69, 9.17) is 5.21 Å². The number of oxime groups is 2. The minimum Gasteiger partial charge on any atom is -0.408 e. The maximum atomic E-state index is 12.0. The van der Waals surface area contributed by atoms with Crippen LogP contribution in [0.1, 0.15) is 6.92 Å². The largest absolute Gasteiger partial charge is 0.408 e. The van der Waals surface area contributed by atoms with Crippen molar-refractivity contribution in [3.05, 3.63) is 0 Å². The fourth-order valence-electron chi connectivity index (χ4n) is 0.247. The molecule has 0 unspecified atom stereocenters. The molecule has 0 aliphatic carbocycles. The van der Waals surface area contributed by atoms with Gasteiger partial charge in [-0.05, 0) is 6.92 Å². The molecule has 0 aliphatic heterocycles. The van der Waals surface area contributed by atoms with Gasteiger partial charge in [0, 0.05) is 0 Å². The quantitative estimate of drug-likeness (QED) is 0.250. The lowest BCUT2D eigenvalue weighted by Crippen LogP contribution is -2.03. The van der Waals surface area contributed by atoms with Gasteiger partial charge in [0.25, 0.3) is 5.97 Å². The molecule has 0 aromatic heterocycles. The fraction of sp³-hybridized carbons (Fsp3) is 0.500. The second-order valence-corrected chi connectivity index (χ2v) is 1.25. The lowest BCUT2D eigenvalue weighted by Gasteiger charge is -1.89. The highest BCUT2D eigenvalue weighted by Gasteiger charge is 2.00. The van der Waals surface area contributed by atoms with Gasteiger partial charge < -0.3 is 10.0 Å². The number of hydrogen-bond acceptors (Lipinski definition) is 4. The first-order valence-corrected chi connectivity index (χ1v) is 2.18. The van der Waals surface area contributed by atoms with E-state index in [0.29, 0.717) is 0 Å². The van der Waals surface area contributed by atoms with E-state index in [1.54, 1.807) is 0 Å². The summed E-state index contributed by atoms with van der Waals surface area (Å²) in [5.74, 6) is -1.04. The molecule has 0 radical (unpaired) electrons. The Morgan fingerprint density at radius 3 is 2.40 bits per heavy atom. The SMILES string of the molecule is B.CON=C(C)C(F)=NO. The Labute approximate surface area is 59.9 Å². The zero-order chi connectivity index (χ0) is 7.28. The predicted octanol–water partition coefficient (Wildman–Crippen LogP) is -0.418. The second kappa shape index (κ2) is 6.06. The van der Waals surface area contributed by atoms with Crippen LogP contribution in [0, 0.1) is 0 Å². The normalized spacial score (nSPS) is 12.3. The van der Waals surface area contributed by atoms with Crippen LogP contribution in [0.15, 0.2) is 10.3 Å². The summed E-state index contributed by atoms with van der Waals surface area (Å²) in [6.07, 6.45) is 0. The zero-order valence-corrected chi connectivity index (χ0v) is 5.13. The number of rotatable bonds is 2. The maximum Gasteiger partial charge on any atom is 0.274 e. The molecule has 4 nitrogen and oxygen atoms in total. The van der Waals surface area contributed by atoms with Crippen molar-refractivity contribution >= 4 is 20.1 Å². The Morgan fingerprint density at radius 2 is 2.10 bits per heavy atom. The molecule has 0 fully saturated rings. The lowest BCUT2D eigenvalue weighted by molar-refractivity contribution is 0.213. The number of hydrogen-bond donors (Lipinski definition) is 1. The van der Waals surface area contributed by atoms with E-state index in [9.17, 15) is 4.39 Å². The summed E-state index contributed by atoms with van der Waals surface area (Å²) in [4.78, 5) is 4.18. The molecule has 0 atom stereocenters. The highest BCUT2D eigenvalue weighted by molar-refractivity contribution is 6.37.